The van der Waals surface area contributed by atoms with Crippen LogP contribution in [0, 0.1) is 0 Å². The van der Waals surface area contributed by atoms with Gasteiger partial charge in [0.1, 0.15) is 11.0 Å². The fourth-order valence-electron chi connectivity index (χ4n) is 5.73. The predicted octanol–water partition coefficient (Wildman–Crippen LogP) is 7.61. The second-order valence-electron chi connectivity index (χ2n) is 11.2. The SMILES string of the molecule is CN(Cc1ccccc1)c1cc(Cl)nc(SCc2ccc(C(=O)N3CCN(C(c4ccccc4)c4ccccc4)CC3)cc2)n1. The average molecular weight is 634 g/mol. The van der Waals surface area contributed by atoms with Crippen LogP contribution in [0.15, 0.2) is 126 Å². The lowest BCUT2D eigenvalue weighted by atomic mass is 9.96. The number of anilines is 1. The molecule has 4 aromatic carbocycles. The smallest absolute Gasteiger partial charge is 0.253 e. The van der Waals surface area contributed by atoms with Crippen molar-refractivity contribution in [3.63, 3.8) is 0 Å². The maximum Gasteiger partial charge on any atom is 0.253 e. The van der Waals surface area contributed by atoms with Gasteiger partial charge in [0.15, 0.2) is 5.16 Å². The third-order valence-corrected chi connectivity index (χ3v) is 9.19. The van der Waals surface area contributed by atoms with Gasteiger partial charge in [-0.05, 0) is 34.4 Å². The van der Waals surface area contributed by atoms with Gasteiger partial charge in [0.05, 0.1) is 6.04 Å². The molecule has 1 fully saturated rings. The highest BCUT2D eigenvalue weighted by Gasteiger charge is 2.28. The minimum Gasteiger partial charge on any atom is -0.355 e. The fraction of sp³-hybridized carbons (Fsp3) is 0.216. The molecule has 0 N–H and O–H groups in total. The van der Waals surface area contributed by atoms with Crippen molar-refractivity contribution in [3.8, 4) is 0 Å². The van der Waals surface area contributed by atoms with E-state index in [0.717, 1.165) is 31.0 Å². The van der Waals surface area contributed by atoms with Crippen LogP contribution in [0.4, 0.5) is 5.82 Å². The number of piperazine rings is 1. The average Bonchev–Trinajstić information content (AvgIpc) is 3.09. The molecule has 0 atom stereocenters. The van der Waals surface area contributed by atoms with E-state index in [1.54, 1.807) is 6.07 Å². The molecule has 228 valence electrons. The lowest BCUT2D eigenvalue weighted by Crippen LogP contribution is -2.49. The first-order chi connectivity index (χ1) is 22.0. The molecule has 8 heteroatoms. The molecule has 5 aromatic rings. The molecule has 0 radical (unpaired) electrons. The topological polar surface area (TPSA) is 52.6 Å². The molecule has 1 aliphatic rings. The van der Waals surface area contributed by atoms with Crippen LogP contribution in [0.3, 0.4) is 0 Å². The molecule has 6 nitrogen and oxygen atoms in total. The minimum absolute atomic E-state index is 0.0779. The molecule has 6 rings (SSSR count). The van der Waals surface area contributed by atoms with E-state index in [4.69, 9.17) is 16.6 Å². The quantitative estimate of drug-likeness (QED) is 0.0897. The number of hydrogen-bond donors (Lipinski definition) is 0. The van der Waals surface area contributed by atoms with E-state index in [1.165, 1.54) is 28.5 Å². The molecular weight excluding hydrogens is 598 g/mol. The van der Waals surface area contributed by atoms with Crippen molar-refractivity contribution < 1.29 is 4.79 Å². The highest BCUT2D eigenvalue weighted by Crippen LogP contribution is 2.30. The number of carbonyl (C=O) groups excluding carboxylic acids is 1. The van der Waals surface area contributed by atoms with Crippen LogP contribution in [-0.4, -0.2) is 58.9 Å². The van der Waals surface area contributed by atoms with E-state index in [0.29, 0.717) is 34.7 Å². The predicted molar refractivity (Wildman–Crippen MR) is 184 cm³/mol. The highest BCUT2D eigenvalue weighted by atomic mass is 35.5. The Kier molecular flexibility index (Phi) is 10.1. The third-order valence-electron chi connectivity index (χ3n) is 8.08. The molecule has 0 bridgehead atoms. The summed E-state index contributed by atoms with van der Waals surface area (Å²) in [6.07, 6.45) is 0. The van der Waals surface area contributed by atoms with Crippen LogP contribution in [-0.2, 0) is 12.3 Å². The molecule has 0 spiro atoms. The van der Waals surface area contributed by atoms with Crippen molar-refractivity contribution in [1.29, 1.82) is 0 Å². The van der Waals surface area contributed by atoms with Crippen molar-refractivity contribution in [2.24, 2.45) is 0 Å². The first kappa shape index (κ1) is 30.8. The molecule has 1 saturated heterocycles. The van der Waals surface area contributed by atoms with E-state index in [9.17, 15) is 4.79 Å². The van der Waals surface area contributed by atoms with Gasteiger partial charge >= 0.3 is 0 Å². The summed E-state index contributed by atoms with van der Waals surface area (Å²) in [6.45, 7) is 3.75. The van der Waals surface area contributed by atoms with Gasteiger partial charge in [0, 0.05) is 57.2 Å². The van der Waals surface area contributed by atoms with Crippen molar-refractivity contribution in [1.82, 2.24) is 19.8 Å². The Labute approximate surface area is 274 Å². The van der Waals surface area contributed by atoms with E-state index in [2.05, 4.69) is 87.6 Å². The summed E-state index contributed by atoms with van der Waals surface area (Å²) in [6, 6.07) is 41.4. The lowest BCUT2D eigenvalue weighted by molar-refractivity contribution is 0.0597. The van der Waals surface area contributed by atoms with Crippen LogP contribution in [0.5, 0.6) is 0 Å². The van der Waals surface area contributed by atoms with Gasteiger partial charge < -0.3 is 9.80 Å². The third kappa shape index (κ3) is 7.92. The zero-order chi connectivity index (χ0) is 31.0. The molecule has 0 saturated carbocycles. The van der Waals surface area contributed by atoms with Gasteiger partial charge in [-0.3, -0.25) is 9.69 Å². The van der Waals surface area contributed by atoms with Crippen molar-refractivity contribution in [2.75, 3.05) is 38.1 Å². The van der Waals surface area contributed by atoms with E-state index < -0.39 is 0 Å². The van der Waals surface area contributed by atoms with Gasteiger partial charge in [0.2, 0.25) is 0 Å². The first-order valence-corrected chi connectivity index (χ1v) is 16.5. The van der Waals surface area contributed by atoms with Crippen LogP contribution >= 0.6 is 23.4 Å². The molecule has 0 unspecified atom stereocenters. The Morgan fingerprint density at radius 1 is 0.778 bits per heavy atom. The summed E-state index contributed by atoms with van der Waals surface area (Å²) >= 11 is 7.89. The largest absolute Gasteiger partial charge is 0.355 e. The second kappa shape index (κ2) is 14.7. The van der Waals surface area contributed by atoms with Crippen LogP contribution in [0.1, 0.15) is 38.7 Å². The Morgan fingerprint density at radius 2 is 1.36 bits per heavy atom. The normalized spacial score (nSPS) is 13.6. The Balaban J connectivity index is 1.05. The van der Waals surface area contributed by atoms with E-state index in [1.807, 2.05) is 54.4 Å². The summed E-state index contributed by atoms with van der Waals surface area (Å²) in [5.74, 6) is 1.53. The summed E-state index contributed by atoms with van der Waals surface area (Å²) in [7, 11) is 2.00. The lowest BCUT2D eigenvalue weighted by Gasteiger charge is -2.39. The highest BCUT2D eigenvalue weighted by molar-refractivity contribution is 7.98. The summed E-state index contributed by atoms with van der Waals surface area (Å²) < 4.78 is 0. The summed E-state index contributed by atoms with van der Waals surface area (Å²) in [5, 5.41) is 1.04. The molecule has 1 aliphatic heterocycles. The van der Waals surface area contributed by atoms with Crippen molar-refractivity contribution in [2.45, 2.75) is 23.5 Å². The summed E-state index contributed by atoms with van der Waals surface area (Å²) in [4.78, 5) is 29.1. The second-order valence-corrected chi connectivity index (χ2v) is 12.5. The van der Waals surface area contributed by atoms with Crippen LogP contribution in [0.2, 0.25) is 5.15 Å². The van der Waals surface area contributed by atoms with Gasteiger partial charge in [-0.2, -0.15) is 0 Å². The zero-order valence-corrected chi connectivity index (χ0v) is 26.9. The number of halogens is 1. The van der Waals surface area contributed by atoms with Crippen molar-refractivity contribution >= 4 is 35.1 Å². The number of nitrogens with zero attached hydrogens (tertiary/aromatic N) is 5. The number of carbonyl (C=O) groups is 1. The maximum atomic E-state index is 13.4. The standard InChI is InChI=1S/C37H36ClN5OS/c1-41(26-28-11-5-2-6-12-28)34-25-33(38)39-37(40-34)45-27-29-17-19-32(20-18-29)36(44)43-23-21-42(22-24-43)35(30-13-7-3-8-14-30)31-15-9-4-10-16-31/h2-20,25,35H,21-24,26-27H2,1H3. The van der Waals surface area contributed by atoms with Crippen molar-refractivity contribution in [3.05, 3.63) is 154 Å². The number of thioether (sulfide) groups is 1. The van der Waals surface area contributed by atoms with Crippen LogP contribution < -0.4 is 4.90 Å². The maximum absolute atomic E-state index is 13.4. The van der Waals surface area contributed by atoms with Gasteiger partial charge in [-0.1, -0.05) is 126 Å². The molecule has 0 aliphatic carbocycles. The number of hydrogen-bond acceptors (Lipinski definition) is 6. The molecule has 45 heavy (non-hydrogen) atoms. The molecule has 1 aromatic heterocycles. The molecule has 2 heterocycles. The Bertz CT molecular complexity index is 1640. The number of amides is 1. The molecular formula is C37H36ClN5OS. The number of aromatic nitrogens is 2. The monoisotopic (exact) mass is 633 g/mol. The summed E-state index contributed by atoms with van der Waals surface area (Å²) in [5.41, 5.74) is 5.55. The van der Waals surface area contributed by atoms with Gasteiger partial charge in [-0.15, -0.1) is 0 Å². The Morgan fingerprint density at radius 3 is 1.96 bits per heavy atom. The van der Waals surface area contributed by atoms with E-state index in [-0.39, 0.29) is 11.9 Å². The van der Waals surface area contributed by atoms with E-state index >= 15 is 0 Å². The van der Waals surface area contributed by atoms with Crippen LogP contribution in [0.25, 0.3) is 0 Å². The van der Waals surface area contributed by atoms with Gasteiger partial charge in [-0.25, -0.2) is 9.97 Å². The zero-order valence-electron chi connectivity index (χ0n) is 25.3. The number of benzene rings is 4. The number of rotatable bonds is 10. The first-order valence-electron chi connectivity index (χ1n) is 15.2. The molecule has 1 amide bonds. The van der Waals surface area contributed by atoms with Gasteiger partial charge in [0.25, 0.3) is 5.91 Å². The fourth-order valence-corrected chi connectivity index (χ4v) is 6.76. The Hall–Kier alpha value is -4.17. The minimum atomic E-state index is 0.0779.